The molecule has 0 aromatic heterocycles. The summed E-state index contributed by atoms with van der Waals surface area (Å²) in [4.78, 5) is 7.14. The highest BCUT2D eigenvalue weighted by molar-refractivity contribution is 5.86. The van der Waals surface area contributed by atoms with Crippen molar-refractivity contribution in [3.8, 4) is 0 Å². The number of nitrogens with zero attached hydrogens (tertiary/aromatic N) is 2. The molecular formula is C22H42N2O. The summed E-state index contributed by atoms with van der Waals surface area (Å²) in [6, 6.07) is 0. The van der Waals surface area contributed by atoms with Gasteiger partial charge in [-0.15, -0.1) is 6.58 Å². The highest BCUT2D eigenvalue weighted by Gasteiger charge is 2.24. The van der Waals surface area contributed by atoms with Crippen molar-refractivity contribution < 1.29 is 5.11 Å². The van der Waals surface area contributed by atoms with Crippen LogP contribution in [0.25, 0.3) is 0 Å². The molecule has 25 heavy (non-hydrogen) atoms. The van der Waals surface area contributed by atoms with Crippen molar-refractivity contribution in [1.29, 1.82) is 0 Å². The minimum Gasteiger partial charge on any atom is -0.395 e. The molecule has 0 aliphatic carbocycles. The van der Waals surface area contributed by atoms with Crippen LogP contribution in [-0.4, -0.2) is 42.1 Å². The molecule has 0 radical (unpaired) electrons. The predicted octanol–water partition coefficient (Wildman–Crippen LogP) is 5.59. The van der Waals surface area contributed by atoms with Gasteiger partial charge in [0.25, 0.3) is 0 Å². The molecule has 0 aromatic carbocycles. The smallest absolute Gasteiger partial charge is 0.102 e. The highest BCUT2D eigenvalue weighted by atomic mass is 16.3. The minimum atomic E-state index is 0.240. The molecule has 1 unspecified atom stereocenters. The van der Waals surface area contributed by atoms with Gasteiger partial charge in [-0.05, 0) is 25.7 Å². The molecule has 1 aliphatic heterocycles. The SMILES string of the molecule is C=CCCCCCCC(CCCCCCCC)C1=NCCN1CCO. The number of aliphatic hydroxyl groups is 1. The number of β-amino-alcohol motifs (C(OH)–C–C–N with tert-alkyl or cyclic N) is 1. The summed E-state index contributed by atoms with van der Waals surface area (Å²) < 4.78 is 0. The normalized spacial score (nSPS) is 15.4. The van der Waals surface area contributed by atoms with E-state index in [1.165, 1.54) is 82.9 Å². The van der Waals surface area contributed by atoms with E-state index < -0.39 is 0 Å². The minimum absolute atomic E-state index is 0.240. The number of hydrogen-bond acceptors (Lipinski definition) is 3. The molecule has 0 saturated heterocycles. The molecule has 1 N–H and O–H groups in total. The first kappa shape index (κ1) is 22.2. The van der Waals surface area contributed by atoms with Gasteiger partial charge in [0, 0.05) is 19.0 Å². The van der Waals surface area contributed by atoms with E-state index in [2.05, 4.69) is 18.4 Å². The number of rotatable bonds is 17. The van der Waals surface area contributed by atoms with Gasteiger partial charge in [-0.2, -0.15) is 0 Å². The van der Waals surface area contributed by atoms with Gasteiger partial charge in [0.15, 0.2) is 0 Å². The number of aliphatic hydroxyl groups excluding tert-OH is 1. The Labute approximate surface area is 156 Å². The third-order valence-electron chi connectivity index (χ3n) is 5.32. The molecule has 1 rings (SSSR count). The van der Waals surface area contributed by atoms with Crippen LogP contribution in [0.3, 0.4) is 0 Å². The van der Waals surface area contributed by atoms with E-state index >= 15 is 0 Å². The van der Waals surface area contributed by atoms with Crippen molar-refractivity contribution in [3.05, 3.63) is 12.7 Å². The molecule has 0 saturated carbocycles. The van der Waals surface area contributed by atoms with Gasteiger partial charge in [-0.1, -0.05) is 70.8 Å². The average Bonchev–Trinajstić information content (AvgIpc) is 3.07. The Morgan fingerprint density at radius 2 is 1.68 bits per heavy atom. The van der Waals surface area contributed by atoms with Crippen LogP contribution >= 0.6 is 0 Å². The van der Waals surface area contributed by atoms with E-state index in [0.717, 1.165) is 26.1 Å². The van der Waals surface area contributed by atoms with Crippen LogP contribution in [-0.2, 0) is 0 Å². The van der Waals surface area contributed by atoms with Crippen molar-refractivity contribution >= 4 is 5.84 Å². The summed E-state index contributed by atoms with van der Waals surface area (Å²) in [6.45, 7) is 9.00. The van der Waals surface area contributed by atoms with Gasteiger partial charge in [0.1, 0.15) is 5.84 Å². The molecule has 146 valence electrons. The molecule has 0 fully saturated rings. The lowest BCUT2D eigenvalue weighted by molar-refractivity contribution is 0.251. The lowest BCUT2D eigenvalue weighted by Crippen LogP contribution is -2.35. The fraction of sp³-hybridized carbons (Fsp3) is 0.864. The zero-order valence-corrected chi connectivity index (χ0v) is 16.7. The molecule has 1 atom stereocenters. The first-order chi connectivity index (χ1) is 12.3. The van der Waals surface area contributed by atoms with E-state index in [-0.39, 0.29) is 6.61 Å². The first-order valence-corrected chi connectivity index (χ1v) is 10.8. The van der Waals surface area contributed by atoms with Crippen LogP contribution in [0.5, 0.6) is 0 Å². The molecule has 3 nitrogen and oxygen atoms in total. The fourth-order valence-corrected chi connectivity index (χ4v) is 3.84. The predicted molar refractivity (Wildman–Crippen MR) is 110 cm³/mol. The van der Waals surface area contributed by atoms with Gasteiger partial charge in [0.2, 0.25) is 0 Å². The Kier molecular flexibility index (Phi) is 13.7. The lowest BCUT2D eigenvalue weighted by atomic mass is 9.92. The Bertz CT molecular complexity index is 354. The molecule has 1 aliphatic rings. The molecule has 0 spiro atoms. The zero-order valence-electron chi connectivity index (χ0n) is 16.7. The quantitative estimate of drug-likeness (QED) is 0.274. The second-order valence-corrected chi connectivity index (χ2v) is 7.48. The van der Waals surface area contributed by atoms with Crippen LogP contribution in [0.2, 0.25) is 0 Å². The number of hydrogen-bond donors (Lipinski definition) is 1. The zero-order chi connectivity index (χ0) is 18.2. The fourth-order valence-electron chi connectivity index (χ4n) is 3.84. The summed E-state index contributed by atoms with van der Waals surface area (Å²) in [5.41, 5.74) is 0. The summed E-state index contributed by atoms with van der Waals surface area (Å²) >= 11 is 0. The van der Waals surface area contributed by atoms with Crippen molar-refractivity contribution in [2.24, 2.45) is 10.9 Å². The van der Waals surface area contributed by atoms with Crippen LogP contribution in [0.4, 0.5) is 0 Å². The van der Waals surface area contributed by atoms with Crippen LogP contribution in [0, 0.1) is 5.92 Å². The first-order valence-electron chi connectivity index (χ1n) is 10.8. The Morgan fingerprint density at radius 3 is 2.32 bits per heavy atom. The third kappa shape index (κ3) is 10.0. The van der Waals surface area contributed by atoms with E-state index in [0.29, 0.717) is 5.92 Å². The average molecular weight is 351 g/mol. The second kappa shape index (κ2) is 15.4. The van der Waals surface area contributed by atoms with Crippen molar-refractivity contribution in [2.45, 2.75) is 90.4 Å². The highest BCUT2D eigenvalue weighted by Crippen LogP contribution is 2.24. The maximum Gasteiger partial charge on any atom is 0.102 e. The molecule has 0 amide bonds. The molecule has 3 heteroatoms. The Balaban J connectivity index is 2.36. The molecule has 0 bridgehead atoms. The van der Waals surface area contributed by atoms with Gasteiger partial charge < -0.3 is 10.0 Å². The number of aliphatic imine (C=N–C) groups is 1. The standard InChI is InChI=1S/C22H42N2O/c1-3-5-7-9-11-13-15-21(16-14-12-10-8-6-4-2)22-23-17-18-24(22)19-20-25/h3,21,25H,1,4-20H2,2H3. The summed E-state index contributed by atoms with van der Waals surface area (Å²) in [5, 5.41) is 9.31. The largest absolute Gasteiger partial charge is 0.395 e. The lowest BCUT2D eigenvalue weighted by Gasteiger charge is -2.26. The van der Waals surface area contributed by atoms with Crippen LogP contribution in [0.15, 0.2) is 17.6 Å². The monoisotopic (exact) mass is 350 g/mol. The number of allylic oxidation sites excluding steroid dienone is 1. The summed E-state index contributed by atoms with van der Waals surface area (Å²) in [5.74, 6) is 1.91. The maximum absolute atomic E-state index is 9.31. The molecule has 0 aromatic rings. The van der Waals surface area contributed by atoms with E-state index in [9.17, 15) is 5.11 Å². The summed E-state index contributed by atoms with van der Waals surface area (Å²) in [6.07, 6.45) is 19.1. The second-order valence-electron chi connectivity index (χ2n) is 7.48. The van der Waals surface area contributed by atoms with Gasteiger partial charge in [-0.3, -0.25) is 4.99 Å². The van der Waals surface area contributed by atoms with Gasteiger partial charge in [-0.25, -0.2) is 0 Å². The van der Waals surface area contributed by atoms with Gasteiger partial charge >= 0.3 is 0 Å². The summed E-state index contributed by atoms with van der Waals surface area (Å²) in [7, 11) is 0. The van der Waals surface area contributed by atoms with Crippen molar-refractivity contribution in [1.82, 2.24) is 4.90 Å². The topological polar surface area (TPSA) is 35.8 Å². The van der Waals surface area contributed by atoms with E-state index in [1.807, 2.05) is 6.08 Å². The number of unbranched alkanes of at least 4 members (excludes halogenated alkanes) is 9. The maximum atomic E-state index is 9.31. The van der Waals surface area contributed by atoms with E-state index in [4.69, 9.17) is 4.99 Å². The van der Waals surface area contributed by atoms with Crippen molar-refractivity contribution in [2.75, 3.05) is 26.2 Å². The Morgan fingerprint density at radius 1 is 1.04 bits per heavy atom. The van der Waals surface area contributed by atoms with Crippen LogP contribution in [0.1, 0.15) is 90.4 Å². The third-order valence-corrected chi connectivity index (χ3v) is 5.32. The molecular weight excluding hydrogens is 308 g/mol. The van der Waals surface area contributed by atoms with Crippen LogP contribution < -0.4 is 0 Å². The Hall–Kier alpha value is -0.830. The number of amidine groups is 1. The van der Waals surface area contributed by atoms with Crippen molar-refractivity contribution in [3.63, 3.8) is 0 Å². The van der Waals surface area contributed by atoms with E-state index in [1.54, 1.807) is 0 Å². The van der Waals surface area contributed by atoms with Gasteiger partial charge in [0.05, 0.1) is 13.2 Å². The molecule has 1 heterocycles.